The van der Waals surface area contributed by atoms with Crippen LogP contribution in [0.2, 0.25) is 0 Å². The van der Waals surface area contributed by atoms with E-state index in [9.17, 15) is 4.79 Å². The summed E-state index contributed by atoms with van der Waals surface area (Å²) in [5, 5.41) is 5.78. The number of nitrogens with zero attached hydrogens (tertiary/aromatic N) is 3. The van der Waals surface area contributed by atoms with Gasteiger partial charge in [0.05, 0.1) is 26.1 Å². The monoisotopic (exact) mass is 371 g/mol. The molecule has 0 bridgehead atoms. The fourth-order valence-electron chi connectivity index (χ4n) is 3.21. The van der Waals surface area contributed by atoms with Crippen molar-refractivity contribution in [2.45, 2.75) is 12.8 Å². The van der Waals surface area contributed by atoms with Gasteiger partial charge in [-0.1, -0.05) is 6.07 Å². The second-order valence-electron chi connectivity index (χ2n) is 6.37. The highest BCUT2D eigenvalue weighted by Crippen LogP contribution is 2.34. The molecule has 0 saturated carbocycles. The van der Waals surface area contributed by atoms with Crippen LogP contribution < -0.4 is 25.0 Å². The maximum atomic E-state index is 12.3. The molecule has 1 aliphatic heterocycles. The number of urea groups is 1. The Kier molecular flexibility index (Phi) is 6.30. The summed E-state index contributed by atoms with van der Waals surface area (Å²) < 4.78 is 10.6. The molecule has 0 aliphatic carbocycles. The van der Waals surface area contributed by atoms with E-state index in [-0.39, 0.29) is 6.03 Å². The minimum atomic E-state index is -0.252. The summed E-state index contributed by atoms with van der Waals surface area (Å²) >= 11 is 0. The number of benzene rings is 1. The lowest BCUT2D eigenvalue weighted by atomic mass is 9.97. The molecule has 1 aromatic carbocycles. The van der Waals surface area contributed by atoms with Crippen LogP contribution in [0.5, 0.6) is 11.5 Å². The Labute approximate surface area is 158 Å². The molecule has 1 aliphatic rings. The first-order valence-electron chi connectivity index (χ1n) is 8.98. The van der Waals surface area contributed by atoms with Gasteiger partial charge in [-0.15, -0.1) is 0 Å². The van der Waals surface area contributed by atoms with E-state index in [0.717, 1.165) is 31.7 Å². The first kappa shape index (κ1) is 18.8. The van der Waals surface area contributed by atoms with E-state index >= 15 is 0 Å². The number of ether oxygens (including phenoxy) is 2. The highest BCUT2D eigenvalue weighted by atomic mass is 16.5. The molecule has 2 aromatic rings. The number of carbonyl (C=O) groups is 1. The third kappa shape index (κ3) is 4.78. The molecule has 1 saturated heterocycles. The van der Waals surface area contributed by atoms with Crippen molar-refractivity contribution in [3.05, 3.63) is 36.8 Å². The summed E-state index contributed by atoms with van der Waals surface area (Å²) in [7, 11) is 3.11. The first-order chi connectivity index (χ1) is 13.2. The summed E-state index contributed by atoms with van der Waals surface area (Å²) in [6.07, 6.45) is 7.17. The van der Waals surface area contributed by atoms with Gasteiger partial charge >= 0.3 is 6.03 Å². The number of carbonyl (C=O) groups excluding carboxylic acids is 1. The maximum Gasteiger partial charge on any atom is 0.319 e. The van der Waals surface area contributed by atoms with Crippen LogP contribution in [0.4, 0.5) is 16.3 Å². The van der Waals surface area contributed by atoms with Crippen LogP contribution in [0, 0.1) is 5.92 Å². The Bertz CT molecular complexity index is 748. The lowest BCUT2D eigenvalue weighted by Gasteiger charge is -2.32. The predicted molar refractivity (Wildman–Crippen MR) is 104 cm³/mol. The minimum Gasteiger partial charge on any atom is -0.493 e. The quantitative estimate of drug-likeness (QED) is 0.811. The van der Waals surface area contributed by atoms with Gasteiger partial charge in [0.1, 0.15) is 5.82 Å². The van der Waals surface area contributed by atoms with Crippen molar-refractivity contribution in [2.24, 2.45) is 5.92 Å². The zero-order valence-corrected chi connectivity index (χ0v) is 15.6. The van der Waals surface area contributed by atoms with E-state index in [1.54, 1.807) is 51.0 Å². The van der Waals surface area contributed by atoms with Crippen LogP contribution in [-0.2, 0) is 0 Å². The topological polar surface area (TPSA) is 88.6 Å². The van der Waals surface area contributed by atoms with Crippen molar-refractivity contribution >= 4 is 17.5 Å². The fourth-order valence-corrected chi connectivity index (χ4v) is 3.21. The van der Waals surface area contributed by atoms with Gasteiger partial charge in [-0.3, -0.25) is 4.98 Å². The number of para-hydroxylation sites is 1. The largest absolute Gasteiger partial charge is 0.493 e. The number of piperidine rings is 1. The van der Waals surface area contributed by atoms with Crippen LogP contribution >= 0.6 is 0 Å². The molecule has 0 spiro atoms. The van der Waals surface area contributed by atoms with Gasteiger partial charge in [0.15, 0.2) is 11.5 Å². The summed E-state index contributed by atoms with van der Waals surface area (Å²) in [5.41, 5.74) is 0.576. The third-order valence-electron chi connectivity index (χ3n) is 4.69. The van der Waals surface area contributed by atoms with Crippen molar-refractivity contribution in [3.63, 3.8) is 0 Å². The maximum absolute atomic E-state index is 12.3. The van der Waals surface area contributed by atoms with Crippen LogP contribution in [0.15, 0.2) is 36.8 Å². The molecule has 0 radical (unpaired) electrons. The number of aromatic nitrogens is 2. The number of nitrogens with one attached hydrogen (secondary N) is 2. The van der Waals surface area contributed by atoms with Crippen LogP contribution in [0.1, 0.15) is 12.8 Å². The number of anilines is 2. The molecule has 3 rings (SSSR count). The molecule has 1 fully saturated rings. The van der Waals surface area contributed by atoms with Gasteiger partial charge in [-0.25, -0.2) is 9.78 Å². The number of rotatable bonds is 6. The second-order valence-corrected chi connectivity index (χ2v) is 6.37. The normalized spacial score (nSPS) is 14.5. The average molecular weight is 371 g/mol. The molecular formula is C19H25N5O3. The summed E-state index contributed by atoms with van der Waals surface area (Å²) in [6, 6.07) is 5.12. The molecule has 0 atom stereocenters. The molecule has 0 unspecified atom stereocenters. The van der Waals surface area contributed by atoms with Crippen LogP contribution in [0.3, 0.4) is 0 Å². The average Bonchev–Trinajstić information content (AvgIpc) is 2.73. The zero-order chi connectivity index (χ0) is 19.1. The summed E-state index contributed by atoms with van der Waals surface area (Å²) in [5.74, 6) is 2.43. The van der Waals surface area contributed by atoms with Gasteiger partial charge in [0.25, 0.3) is 0 Å². The van der Waals surface area contributed by atoms with E-state index < -0.39 is 0 Å². The highest BCUT2D eigenvalue weighted by Gasteiger charge is 2.21. The van der Waals surface area contributed by atoms with E-state index in [1.165, 1.54) is 0 Å². The molecular weight excluding hydrogens is 346 g/mol. The van der Waals surface area contributed by atoms with Gasteiger partial charge < -0.3 is 25.0 Å². The molecule has 1 aromatic heterocycles. The molecule has 8 heteroatoms. The van der Waals surface area contributed by atoms with Gasteiger partial charge in [0, 0.05) is 32.0 Å². The Morgan fingerprint density at radius 1 is 1.22 bits per heavy atom. The van der Waals surface area contributed by atoms with Crippen molar-refractivity contribution in [2.75, 3.05) is 44.1 Å². The van der Waals surface area contributed by atoms with E-state index in [4.69, 9.17) is 9.47 Å². The Morgan fingerprint density at radius 3 is 2.70 bits per heavy atom. The molecule has 2 N–H and O–H groups in total. The van der Waals surface area contributed by atoms with Gasteiger partial charge in [0.2, 0.25) is 0 Å². The number of amides is 2. The minimum absolute atomic E-state index is 0.252. The van der Waals surface area contributed by atoms with Crippen molar-refractivity contribution < 1.29 is 14.3 Å². The number of hydrogen-bond donors (Lipinski definition) is 2. The summed E-state index contributed by atoms with van der Waals surface area (Å²) in [6.45, 7) is 2.46. The molecule has 27 heavy (non-hydrogen) atoms. The predicted octanol–water partition coefficient (Wildman–Crippen LogP) is 2.53. The molecule has 2 amide bonds. The van der Waals surface area contributed by atoms with E-state index in [1.807, 2.05) is 0 Å². The van der Waals surface area contributed by atoms with E-state index in [0.29, 0.717) is 29.6 Å². The van der Waals surface area contributed by atoms with E-state index in [2.05, 4.69) is 25.5 Å². The van der Waals surface area contributed by atoms with Crippen molar-refractivity contribution in [3.8, 4) is 11.5 Å². The van der Waals surface area contributed by atoms with Crippen LogP contribution in [0.25, 0.3) is 0 Å². The van der Waals surface area contributed by atoms with Crippen molar-refractivity contribution in [1.82, 2.24) is 15.3 Å². The lowest BCUT2D eigenvalue weighted by molar-refractivity contribution is 0.248. The Morgan fingerprint density at radius 2 is 2.04 bits per heavy atom. The molecule has 8 nitrogen and oxygen atoms in total. The standard InChI is InChI=1S/C19H25N5O3/c1-26-16-5-3-4-15(18(16)27-2)23-19(25)22-12-14-6-10-24(11-7-14)17-13-20-8-9-21-17/h3-5,8-9,13-14H,6-7,10-12H2,1-2H3,(H2,22,23,25). The molecule has 2 heterocycles. The highest BCUT2D eigenvalue weighted by molar-refractivity contribution is 5.91. The first-order valence-corrected chi connectivity index (χ1v) is 8.98. The Hall–Kier alpha value is -3.03. The zero-order valence-electron chi connectivity index (χ0n) is 15.6. The Balaban J connectivity index is 1.47. The summed E-state index contributed by atoms with van der Waals surface area (Å²) in [4.78, 5) is 22.9. The molecule has 144 valence electrons. The number of hydrogen-bond acceptors (Lipinski definition) is 6. The lowest BCUT2D eigenvalue weighted by Crippen LogP contribution is -2.40. The second kappa shape index (κ2) is 9.07. The van der Waals surface area contributed by atoms with Gasteiger partial charge in [-0.05, 0) is 30.9 Å². The smallest absolute Gasteiger partial charge is 0.319 e. The number of methoxy groups -OCH3 is 2. The van der Waals surface area contributed by atoms with Crippen LogP contribution in [-0.4, -0.2) is 49.9 Å². The van der Waals surface area contributed by atoms with Gasteiger partial charge in [-0.2, -0.15) is 0 Å². The SMILES string of the molecule is COc1cccc(NC(=O)NCC2CCN(c3cnccn3)CC2)c1OC. The third-order valence-corrected chi connectivity index (χ3v) is 4.69. The fraction of sp³-hybridized carbons (Fsp3) is 0.421. The van der Waals surface area contributed by atoms with Crippen molar-refractivity contribution in [1.29, 1.82) is 0 Å².